The fraction of sp³-hybridized carbons (Fsp3) is 0.500. The Morgan fingerprint density at radius 2 is 2.10 bits per heavy atom. The predicted octanol–water partition coefficient (Wildman–Crippen LogP) is 1.11. The van der Waals surface area contributed by atoms with Gasteiger partial charge in [-0.05, 0) is 25.6 Å². The summed E-state index contributed by atoms with van der Waals surface area (Å²) in [6, 6.07) is 9.25. The standard InChI is InChI=1S/C16H23N3O2/c1-12(11-17-2)15(20)18(3)14-9-10-19(16(14)21)13-7-5-4-6-8-13/h4-8,12,14,17H,9-11H2,1-3H3. The first kappa shape index (κ1) is 15.5. The minimum absolute atomic E-state index is 0.00806. The second kappa shape index (κ2) is 6.72. The average molecular weight is 289 g/mol. The highest BCUT2D eigenvalue weighted by atomic mass is 16.2. The highest BCUT2D eigenvalue weighted by Gasteiger charge is 2.37. The zero-order valence-corrected chi connectivity index (χ0v) is 12.9. The number of rotatable bonds is 5. The fourth-order valence-corrected chi connectivity index (χ4v) is 2.78. The van der Waals surface area contributed by atoms with Gasteiger partial charge < -0.3 is 15.1 Å². The number of likely N-dealkylation sites (N-methyl/N-ethyl adjacent to an activating group) is 1. The third-order valence-corrected chi connectivity index (χ3v) is 3.99. The lowest BCUT2D eigenvalue weighted by Crippen LogP contribution is -2.46. The van der Waals surface area contributed by atoms with Crippen LogP contribution in [-0.4, -0.2) is 49.9 Å². The molecule has 5 heteroatoms. The van der Waals surface area contributed by atoms with Gasteiger partial charge in [-0.25, -0.2) is 0 Å². The van der Waals surface area contributed by atoms with Gasteiger partial charge in [-0.1, -0.05) is 25.1 Å². The van der Waals surface area contributed by atoms with E-state index >= 15 is 0 Å². The van der Waals surface area contributed by atoms with Gasteiger partial charge in [0.25, 0.3) is 0 Å². The van der Waals surface area contributed by atoms with Crippen LogP contribution in [0.5, 0.6) is 0 Å². The average Bonchev–Trinajstić information content (AvgIpc) is 2.88. The lowest BCUT2D eigenvalue weighted by atomic mass is 10.1. The van der Waals surface area contributed by atoms with Crippen molar-refractivity contribution < 1.29 is 9.59 Å². The minimum Gasteiger partial charge on any atom is -0.333 e. The van der Waals surface area contributed by atoms with Crippen molar-refractivity contribution in [1.29, 1.82) is 0 Å². The summed E-state index contributed by atoms with van der Waals surface area (Å²) in [5.74, 6) is -0.107. The Bertz CT molecular complexity index is 504. The first-order valence-corrected chi connectivity index (χ1v) is 7.34. The molecular weight excluding hydrogens is 266 g/mol. The van der Waals surface area contributed by atoms with E-state index in [-0.39, 0.29) is 23.8 Å². The highest BCUT2D eigenvalue weighted by Crippen LogP contribution is 2.24. The molecule has 0 spiro atoms. The smallest absolute Gasteiger partial charge is 0.249 e. The molecule has 1 saturated heterocycles. The van der Waals surface area contributed by atoms with Gasteiger partial charge in [-0.15, -0.1) is 0 Å². The Hall–Kier alpha value is -1.88. The number of benzene rings is 1. The van der Waals surface area contributed by atoms with Gasteiger partial charge in [-0.3, -0.25) is 9.59 Å². The monoisotopic (exact) mass is 289 g/mol. The van der Waals surface area contributed by atoms with Gasteiger partial charge >= 0.3 is 0 Å². The van der Waals surface area contributed by atoms with E-state index in [1.165, 1.54) is 0 Å². The summed E-state index contributed by atoms with van der Waals surface area (Å²) in [5.41, 5.74) is 0.897. The number of nitrogens with zero attached hydrogens (tertiary/aromatic N) is 2. The third kappa shape index (κ3) is 3.24. The molecule has 21 heavy (non-hydrogen) atoms. The summed E-state index contributed by atoms with van der Waals surface area (Å²) in [7, 11) is 3.55. The molecule has 2 atom stereocenters. The summed E-state index contributed by atoms with van der Waals surface area (Å²) in [6.07, 6.45) is 0.683. The first-order chi connectivity index (χ1) is 10.1. The maximum Gasteiger partial charge on any atom is 0.249 e. The SMILES string of the molecule is CNCC(C)C(=O)N(C)C1CCN(c2ccccc2)C1=O. The van der Waals surface area contributed by atoms with Crippen molar-refractivity contribution in [3.05, 3.63) is 30.3 Å². The molecule has 1 aliphatic heterocycles. The lowest BCUT2D eigenvalue weighted by Gasteiger charge is -2.26. The molecule has 1 fully saturated rings. The first-order valence-electron chi connectivity index (χ1n) is 7.34. The summed E-state index contributed by atoms with van der Waals surface area (Å²) in [4.78, 5) is 28.2. The van der Waals surface area contributed by atoms with Crippen LogP contribution in [0.15, 0.2) is 30.3 Å². The van der Waals surface area contributed by atoms with E-state index in [4.69, 9.17) is 0 Å². The molecule has 0 aromatic heterocycles. The molecule has 1 aromatic rings. The molecule has 0 saturated carbocycles. The Labute approximate surface area is 125 Å². The van der Waals surface area contributed by atoms with E-state index in [2.05, 4.69) is 5.32 Å². The Balaban J connectivity index is 2.06. The maximum absolute atomic E-state index is 12.5. The molecule has 0 aliphatic carbocycles. The van der Waals surface area contributed by atoms with Crippen molar-refractivity contribution in [2.75, 3.05) is 32.1 Å². The Morgan fingerprint density at radius 1 is 1.43 bits per heavy atom. The van der Waals surface area contributed by atoms with Crippen LogP contribution in [0.4, 0.5) is 5.69 Å². The van der Waals surface area contributed by atoms with Crippen molar-refractivity contribution in [3.63, 3.8) is 0 Å². The van der Waals surface area contributed by atoms with Crippen molar-refractivity contribution in [2.24, 2.45) is 5.92 Å². The number of para-hydroxylation sites is 1. The Morgan fingerprint density at radius 3 is 2.71 bits per heavy atom. The number of amides is 2. The number of carbonyl (C=O) groups is 2. The van der Waals surface area contributed by atoms with Crippen molar-refractivity contribution in [1.82, 2.24) is 10.2 Å². The number of hydrogen-bond donors (Lipinski definition) is 1. The molecule has 114 valence electrons. The number of nitrogens with one attached hydrogen (secondary N) is 1. The van der Waals surface area contributed by atoms with Crippen LogP contribution < -0.4 is 10.2 Å². The topological polar surface area (TPSA) is 52.7 Å². The Kier molecular flexibility index (Phi) is 4.96. The molecule has 1 aromatic carbocycles. The van der Waals surface area contributed by atoms with E-state index in [9.17, 15) is 9.59 Å². The van der Waals surface area contributed by atoms with Crippen LogP contribution in [-0.2, 0) is 9.59 Å². The van der Waals surface area contributed by atoms with Crippen molar-refractivity contribution in [3.8, 4) is 0 Å². The zero-order chi connectivity index (χ0) is 15.4. The molecule has 1 N–H and O–H groups in total. The quantitative estimate of drug-likeness (QED) is 0.883. The zero-order valence-electron chi connectivity index (χ0n) is 12.9. The second-order valence-corrected chi connectivity index (χ2v) is 5.54. The second-order valence-electron chi connectivity index (χ2n) is 5.54. The van der Waals surface area contributed by atoms with Gasteiger partial charge in [0.05, 0.1) is 0 Å². The van der Waals surface area contributed by atoms with E-state index in [1.807, 2.05) is 44.3 Å². The van der Waals surface area contributed by atoms with Crippen LogP contribution in [0.3, 0.4) is 0 Å². The van der Waals surface area contributed by atoms with Crippen molar-refractivity contribution in [2.45, 2.75) is 19.4 Å². The summed E-state index contributed by atoms with van der Waals surface area (Å²) in [6.45, 7) is 3.15. The summed E-state index contributed by atoms with van der Waals surface area (Å²) < 4.78 is 0. The lowest BCUT2D eigenvalue weighted by molar-refractivity contribution is -0.139. The van der Waals surface area contributed by atoms with Gasteiger partial charge in [0.2, 0.25) is 11.8 Å². The van der Waals surface area contributed by atoms with Crippen LogP contribution in [0, 0.1) is 5.92 Å². The molecule has 2 rings (SSSR count). The normalized spacial score (nSPS) is 19.7. The highest BCUT2D eigenvalue weighted by molar-refractivity contribution is 6.01. The molecule has 2 unspecified atom stereocenters. The summed E-state index contributed by atoms with van der Waals surface area (Å²) >= 11 is 0. The predicted molar refractivity (Wildman–Crippen MR) is 83.1 cm³/mol. The van der Waals surface area contributed by atoms with Crippen LogP contribution in [0.25, 0.3) is 0 Å². The number of carbonyl (C=O) groups excluding carboxylic acids is 2. The minimum atomic E-state index is -0.350. The number of anilines is 1. The number of hydrogen-bond acceptors (Lipinski definition) is 3. The third-order valence-electron chi connectivity index (χ3n) is 3.99. The summed E-state index contributed by atoms with van der Waals surface area (Å²) in [5, 5.41) is 3.00. The van der Waals surface area contributed by atoms with Gasteiger partial charge in [-0.2, -0.15) is 0 Å². The van der Waals surface area contributed by atoms with E-state index in [0.717, 1.165) is 5.69 Å². The largest absolute Gasteiger partial charge is 0.333 e. The van der Waals surface area contributed by atoms with E-state index < -0.39 is 0 Å². The van der Waals surface area contributed by atoms with Crippen LogP contribution >= 0.6 is 0 Å². The maximum atomic E-state index is 12.5. The molecule has 0 bridgehead atoms. The molecule has 1 heterocycles. The molecule has 1 aliphatic rings. The van der Waals surface area contributed by atoms with Crippen LogP contribution in [0.1, 0.15) is 13.3 Å². The molecule has 2 amide bonds. The van der Waals surface area contributed by atoms with Crippen LogP contribution in [0.2, 0.25) is 0 Å². The van der Waals surface area contributed by atoms with E-state index in [1.54, 1.807) is 16.8 Å². The van der Waals surface area contributed by atoms with Gasteiger partial charge in [0, 0.05) is 31.7 Å². The van der Waals surface area contributed by atoms with E-state index in [0.29, 0.717) is 19.5 Å². The van der Waals surface area contributed by atoms with Gasteiger partial charge in [0.15, 0.2) is 0 Å². The molecular formula is C16H23N3O2. The molecule has 5 nitrogen and oxygen atoms in total. The molecule has 0 radical (unpaired) electrons. The van der Waals surface area contributed by atoms with Gasteiger partial charge in [0.1, 0.15) is 6.04 Å². The van der Waals surface area contributed by atoms with Crippen molar-refractivity contribution >= 4 is 17.5 Å². The fourth-order valence-electron chi connectivity index (χ4n) is 2.78.